The maximum atomic E-state index is 12.3. The number of carboxylic acid groups (broad SMARTS) is 1. The number of nitrogens with one attached hydrogen (secondary N) is 2. The summed E-state index contributed by atoms with van der Waals surface area (Å²) in [6, 6.07) is 22.5. The minimum atomic E-state index is -1.11. The lowest BCUT2D eigenvalue weighted by atomic mass is 9.98. The Balaban J connectivity index is 1.26. The van der Waals surface area contributed by atoms with Gasteiger partial charge in [0.25, 0.3) is 0 Å². The number of carbonyl (C=O) groups is 3. The summed E-state index contributed by atoms with van der Waals surface area (Å²) < 4.78 is 5.52. The van der Waals surface area contributed by atoms with Crippen molar-refractivity contribution >= 4 is 23.7 Å². The number of rotatable bonds is 8. The molecule has 1 atom stereocenters. The molecule has 4 rings (SSSR count). The fourth-order valence-corrected chi connectivity index (χ4v) is 4.28. The van der Waals surface area contributed by atoms with E-state index in [1.807, 2.05) is 31.2 Å². The Bertz CT molecular complexity index is 1180. The van der Waals surface area contributed by atoms with Crippen molar-refractivity contribution < 1.29 is 24.2 Å². The summed E-state index contributed by atoms with van der Waals surface area (Å²) in [6.45, 7) is 2.30. The molecule has 0 aliphatic heterocycles. The predicted molar refractivity (Wildman–Crippen MR) is 129 cm³/mol. The second-order valence-corrected chi connectivity index (χ2v) is 8.41. The number of hydrogen-bond donors (Lipinski definition) is 3. The van der Waals surface area contributed by atoms with E-state index in [0.717, 1.165) is 22.3 Å². The third-order valence-corrected chi connectivity index (χ3v) is 5.90. The number of ether oxygens (including phenoxy) is 1. The topological polar surface area (TPSA) is 105 Å². The number of aromatic carboxylic acids is 1. The lowest BCUT2D eigenvalue weighted by Crippen LogP contribution is -2.31. The van der Waals surface area contributed by atoms with Crippen LogP contribution in [-0.2, 0) is 9.53 Å². The zero-order chi connectivity index (χ0) is 24.1. The van der Waals surface area contributed by atoms with Crippen LogP contribution >= 0.6 is 0 Å². The SMILES string of the molecule is CC(CNC(=O)OCC1c2ccccc2-c2ccccc21)CC(=O)Nc1ccccc1C(=O)O. The number of benzene rings is 3. The lowest BCUT2D eigenvalue weighted by molar-refractivity contribution is -0.116. The molecule has 1 aliphatic rings. The highest BCUT2D eigenvalue weighted by Gasteiger charge is 2.29. The van der Waals surface area contributed by atoms with E-state index in [1.54, 1.807) is 18.2 Å². The van der Waals surface area contributed by atoms with Crippen LogP contribution in [0.1, 0.15) is 40.7 Å². The molecule has 0 heterocycles. The van der Waals surface area contributed by atoms with E-state index in [-0.39, 0.29) is 48.6 Å². The molecule has 0 saturated heterocycles. The van der Waals surface area contributed by atoms with Crippen molar-refractivity contribution in [2.75, 3.05) is 18.5 Å². The average Bonchev–Trinajstić information content (AvgIpc) is 3.15. The van der Waals surface area contributed by atoms with Crippen LogP contribution in [0, 0.1) is 5.92 Å². The predicted octanol–water partition coefficient (Wildman–Crippen LogP) is 4.89. The summed E-state index contributed by atoms with van der Waals surface area (Å²) in [4.78, 5) is 35.9. The van der Waals surface area contributed by atoms with Crippen molar-refractivity contribution in [1.82, 2.24) is 5.32 Å². The molecule has 34 heavy (non-hydrogen) atoms. The van der Waals surface area contributed by atoms with Gasteiger partial charge in [0.05, 0.1) is 11.3 Å². The van der Waals surface area contributed by atoms with Crippen LogP contribution in [0.25, 0.3) is 11.1 Å². The summed E-state index contributed by atoms with van der Waals surface area (Å²) in [6.07, 6.45) is -0.414. The minimum Gasteiger partial charge on any atom is -0.478 e. The van der Waals surface area contributed by atoms with E-state index < -0.39 is 12.1 Å². The molecule has 1 unspecified atom stereocenters. The third kappa shape index (κ3) is 5.09. The summed E-state index contributed by atoms with van der Waals surface area (Å²) in [5.74, 6) is -1.62. The van der Waals surface area contributed by atoms with Gasteiger partial charge in [0.1, 0.15) is 6.61 Å². The maximum absolute atomic E-state index is 12.3. The van der Waals surface area contributed by atoms with Crippen LogP contribution in [0.15, 0.2) is 72.8 Å². The van der Waals surface area contributed by atoms with Crippen molar-refractivity contribution in [3.8, 4) is 11.1 Å². The zero-order valence-corrected chi connectivity index (χ0v) is 18.8. The van der Waals surface area contributed by atoms with Gasteiger partial charge in [-0.1, -0.05) is 67.6 Å². The minimum absolute atomic E-state index is 0.0179. The van der Waals surface area contributed by atoms with Gasteiger partial charge >= 0.3 is 12.1 Å². The molecular weight excluding hydrogens is 432 g/mol. The van der Waals surface area contributed by atoms with Crippen LogP contribution in [0.3, 0.4) is 0 Å². The molecule has 3 aromatic rings. The Morgan fingerprint density at radius 3 is 2.15 bits per heavy atom. The molecule has 2 amide bonds. The Labute approximate surface area is 197 Å². The van der Waals surface area contributed by atoms with Crippen LogP contribution in [-0.4, -0.2) is 36.2 Å². The number of carbonyl (C=O) groups excluding carboxylic acids is 2. The second-order valence-electron chi connectivity index (χ2n) is 8.41. The molecule has 7 nitrogen and oxygen atoms in total. The van der Waals surface area contributed by atoms with Gasteiger partial charge in [-0.3, -0.25) is 4.79 Å². The van der Waals surface area contributed by atoms with Crippen LogP contribution in [0.2, 0.25) is 0 Å². The average molecular weight is 459 g/mol. The molecule has 0 spiro atoms. The highest BCUT2D eigenvalue weighted by molar-refractivity contribution is 6.00. The van der Waals surface area contributed by atoms with Gasteiger partial charge < -0.3 is 20.5 Å². The number of carboxylic acids is 1. The van der Waals surface area contributed by atoms with Crippen molar-refractivity contribution in [2.45, 2.75) is 19.3 Å². The van der Waals surface area contributed by atoms with Gasteiger partial charge in [-0.25, -0.2) is 9.59 Å². The summed E-state index contributed by atoms with van der Waals surface area (Å²) in [5.41, 5.74) is 4.88. The smallest absolute Gasteiger partial charge is 0.407 e. The number of amides is 2. The van der Waals surface area contributed by atoms with Crippen molar-refractivity contribution in [3.63, 3.8) is 0 Å². The third-order valence-electron chi connectivity index (χ3n) is 5.90. The molecular formula is C27H26N2O5. The summed E-state index contributed by atoms with van der Waals surface area (Å²) in [5, 5.41) is 14.6. The molecule has 7 heteroatoms. The van der Waals surface area contributed by atoms with Crippen LogP contribution < -0.4 is 10.6 Å². The monoisotopic (exact) mass is 458 g/mol. The Kier molecular flexibility index (Phi) is 6.92. The number of para-hydroxylation sites is 1. The van der Waals surface area contributed by atoms with Gasteiger partial charge in [-0.2, -0.15) is 0 Å². The van der Waals surface area contributed by atoms with E-state index in [9.17, 15) is 19.5 Å². The largest absolute Gasteiger partial charge is 0.478 e. The Hall–Kier alpha value is -4.13. The van der Waals surface area contributed by atoms with Crippen molar-refractivity contribution in [3.05, 3.63) is 89.5 Å². The quantitative estimate of drug-likeness (QED) is 0.446. The zero-order valence-electron chi connectivity index (χ0n) is 18.8. The fourth-order valence-electron chi connectivity index (χ4n) is 4.28. The van der Waals surface area contributed by atoms with E-state index in [2.05, 4.69) is 34.9 Å². The van der Waals surface area contributed by atoms with E-state index >= 15 is 0 Å². The summed E-state index contributed by atoms with van der Waals surface area (Å²) in [7, 11) is 0. The van der Waals surface area contributed by atoms with Gasteiger partial charge in [0.15, 0.2) is 0 Å². The summed E-state index contributed by atoms with van der Waals surface area (Å²) >= 11 is 0. The normalized spacial score (nSPS) is 12.9. The molecule has 0 saturated carbocycles. The lowest BCUT2D eigenvalue weighted by Gasteiger charge is -2.16. The number of anilines is 1. The van der Waals surface area contributed by atoms with E-state index in [0.29, 0.717) is 0 Å². The molecule has 0 bridgehead atoms. The molecule has 174 valence electrons. The molecule has 0 radical (unpaired) electrons. The molecule has 3 N–H and O–H groups in total. The van der Waals surface area contributed by atoms with Crippen LogP contribution in [0.5, 0.6) is 0 Å². The number of hydrogen-bond acceptors (Lipinski definition) is 4. The number of fused-ring (bicyclic) bond motifs is 3. The van der Waals surface area contributed by atoms with Gasteiger partial charge in [-0.05, 0) is 40.3 Å². The first-order valence-corrected chi connectivity index (χ1v) is 11.1. The Morgan fingerprint density at radius 2 is 1.50 bits per heavy atom. The second kappa shape index (κ2) is 10.2. The fraction of sp³-hybridized carbons (Fsp3) is 0.222. The van der Waals surface area contributed by atoms with Gasteiger partial charge in [0.2, 0.25) is 5.91 Å². The van der Waals surface area contributed by atoms with Gasteiger partial charge in [0, 0.05) is 18.9 Å². The first-order chi connectivity index (χ1) is 16.4. The molecule has 0 fully saturated rings. The van der Waals surface area contributed by atoms with Crippen LogP contribution in [0.4, 0.5) is 10.5 Å². The maximum Gasteiger partial charge on any atom is 0.407 e. The first kappa shape index (κ1) is 23.0. The molecule has 3 aromatic carbocycles. The first-order valence-electron chi connectivity index (χ1n) is 11.1. The van der Waals surface area contributed by atoms with E-state index in [1.165, 1.54) is 6.07 Å². The standard InChI is InChI=1S/C27H26N2O5/c1-17(14-25(30)29-24-13-7-6-12-22(24)26(31)32)15-28-27(33)34-16-23-20-10-4-2-8-18(20)19-9-3-5-11-21(19)23/h2-13,17,23H,14-16H2,1H3,(H,28,33)(H,29,30)(H,31,32). The van der Waals surface area contributed by atoms with Gasteiger partial charge in [-0.15, -0.1) is 0 Å². The Morgan fingerprint density at radius 1 is 0.912 bits per heavy atom. The highest BCUT2D eigenvalue weighted by atomic mass is 16.5. The van der Waals surface area contributed by atoms with E-state index in [4.69, 9.17) is 4.74 Å². The number of alkyl carbamates (subject to hydrolysis) is 1. The van der Waals surface area contributed by atoms with Crippen molar-refractivity contribution in [1.29, 1.82) is 0 Å². The highest BCUT2D eigenvalue weighted by Crippen LogP contribution is 2.44. The molecule has 1 aliphatic carbocycles. The van der Waals surface area contributed by atoms with Crippen molar-refractivity contribution in [2.24, 2.45) is 5.92 Å². The molecule has 0 aromatic heterocycles.